The Labute approximate surface area is 396 Å². The van der Waals surface area contributed by atoms with Crippen LogP contribution in [0.25, 0.3) is 10.4 Å². The van der Waals surface area contributed by atoms with Crippen molar-refractivity contribution in [2.24, 2.45) is 16.1 Å². The van der Waals surface area contributed by atoms with Crippen LogP contribution in [0.5, 0.6) is 5.75 Å². The number of fused-ring (bicyclic) bond motifs is 1. The molecule has 3 amide bonds. The van der Waals surface area contributed by atoms with Crippen LogP contribution in [-0.4, -0.2) is 110 Å². The number of methoxy groups -OCH3 is 1. The molecule has 0 saturated carbocycles. The molecule has 0 radical (unpaired) electrons. The number of hydrogen-bond acceptors (Lipinski definition) is 15. The summed E-state index contributed by atoms with van der Waals surface area (Å²) in [6, 6.07) is 9.57. The number of azo groups is 1. The number of aliphatic hydroxyl groups excluding tert-OH is 1. The summed E-state index contributed by atoms with van der Waals surface area (Å²) in [5.74, 6) is -1.66. The van der Waals surface area contributed by atoms with E-state index in [1.54, 1.807) is 18.2 Å². The van der Waals surface area contributed by atoms with Gasteiger partial charge in [0.2, 0.25) is 19.8 Å². The van der Waals surface area contributed by atoms with Crippen LogP contribution in [0.1, 0.15) is 87.1 Å². The minimum atomic E-state index is -1.60. The predicted molar refractivity (Wildman–Crippen MR) is 255 cm³/mol. The van der Waals surface area contributed by atoms with E-state index < -0.39 is 55.0 Å². The molecule has 5 atom stereocenters. The fraction of sp³-hybridized carbons (Fsp3) is 0.511. The van der Waals surface area contributed by atoms with Gasteiger partial charge in [0.25, 0.3) is 20.1 Å². The first-order valence-electron chi connectivity index (χ1n) is 22.9. The van der Waals surface area contributed by atoms with Gasteiger partial charge in [-0.1, -0.05) is 24.3 Å². The molecule has 5 rings (SSSR count). The average Bonchev–Trinajstić information content (AvgIpc) is 3.70. The van der Waals surface area contributed by atoms with E-state index in [9.17, 15) is 29.8 Å². The molecule has 0 bridgehead atoms. The van der Waals surface area contributed by atoms with E-state index in [0.29, 0.717) is 30.8 Å². The number of nitriles is 1. The minimum absolute atomic E-state index is 0.0112. The van der Waals surface area contributed by atoms with E-state index in [1.165, 1.54) is 26.4 Å². The zero-order valence-electron chi connectivity index (χ0n) is 41.5. The third-order valence-corrected chi connectivity index (χ3v) is 13.2. The molecule has 3 aliphatic heterocycles. The number of hydrogen-bond donors (Lipinski definition) is 3. The Morgan fingerprint density at radius 2 is 2.00 bits per heavy atom. The van der Waals surface area contributed by atoms with Crippen molar-refractivity contribution in [2.45, 2.75) is 111 Å². The molecule has 20 heteroatoms. The Balaban J connectivity index is 0.00000336. The van der Waals surface area contributed by atoms with E-state index in [-0.39, 0.29) is 73.5 Å². The van der Waals surface area contributed by atoms with Gasteiger partial charge >= 0.3 is 0 Å². The Morgan fingerprint density at radius 1 is 1.28 bits per heavy atom. The number of carbonyl (C=O) groups excluding carboxylic acids is 3. The number of aliphatic hydroxyl groups is 1. The van der Waals surface area contributed by atoms with Gasteiger partial charge in [-0.15, -0.1) is 10.2 Å². The Hall–Kier alpha value is -5.92. The fourth-order valence-corrected chi connectivity index (χ4v) is 9.77. The molecular formula is C47H62N9O10P. The molecule has 19 nitrogen and oxygen atoms in total. The zero-order valence-corrected chi connectivity index (χ0v) is 40.4. The van der Waals surface area contributed by atoms with Crippen LogP contribution in [0.15, 0.2) is 70.4 Å². The van der Waals surface area contributed by atoms with E-state index >= 15 is 0 Å². The van der Waals surface area contributed by atoms with Crippen molar-refractivity contribution in [1.82, 2.24) is 15.3 Å². The lowest BCUT2D eigenvalue weighted by Crippen LogP contribution is -2.45. The predicted octanol–water partition coefficient (Wildman–Crippen LogP) is 8.00. The molecule has 2 aromatic rings. The van der Waals surface area contributed by atoms with Gasteiger partial charge in [-0.2, -0.15) is 5.26 Å². The van der Waals surface area contributed by atoms with Crippen molar-refractivity contribution in [1.29, 1.82) is 6.69 Å². The molecule has 0 aliphatic carbocycles. The van der Waals surface area contributed by atoms with Gasteiger partial charge in [0.1, 0.15) is 29.8 Å². The summed E-state index contributed by atoms with van der Waals surface area (Å²) in [4.78, 5) is 55.2. The molecule has 2 aromatic carbocycles. The standard InChI is InChI=1S/C46H58N9O9P.CH4O/c1-28(2)54(29(3)4)65(62-20-18-48-9)64-40-25-41(63-31(40)6)36-22-32(44(57)50-45(36)58)13-11-17-49-43(56)14-12-19-53-39-24-42(61-10)38(23-35(39)30(5)26-46(53,7)8)52-51-37-16-15-34(55(59)60)21-33(37)27-47;1-2/h11,13,15-16,21-24,26,28-29,31,36,40-41H,12,14,17-20,25H2,1-8,10H3,(H,49,56)(H,50,57,58);2H,1H3/b13-11+,52-51?;/t31-,36?,40?,41-,65?;/m1./s1/i6D;2T. The number of allylic oxidation sites excluding steroid dienone is 1. The number of rotatable bonds is 20. The van der Waals surface area contributed by atoms with E-state index in [4.69, 9.17) is 27.9 Å². The highest BCUT2D eigenvalue weighted by atomic mass is 31.2. The maximum absolute atomic E-state index is 13.1. The summed E-state index contributed by atoms with van der Waals surface area (Å²) in [7, 11) is 1.20. The monoisotopic (exact) mass is 946 g/mol. The number of benzene rings is 2. The first-order valence-corrected chi connectivity index (χ1v) is 22.9. The number of nitro groups is 1. The molecule has 3 aliphatic rings. The Morgan fingerprint density at radius 3 is 2.64 bits per heavy atom. The van der Waals surface area contributed by atoms with E-state index in [0.717, 1.165) is 22.9 Å². The van der Waals surface area contributed by atoms with Crippen molar-refractivity contribution >= 4 is 54.6 Å². The van der Waals surface area contributed by atoms with Crippen molar-refractivity contribution in [3.63, 3.8) is 0 Å². The number of imide groups is 1. The number of nitrogens with zero attached hydrogens (tertiary/aromatic N) is 7. The SMILES string of the molecule is [2H]C[C@H]1O[C@@H](C2C=C(/C=C/CNC(=O)CCCN3c4cc(OC)c(N=Nc5ccc([N+](=O)[O-])cc5C#N)cc4C(C)=CC3(C)C)C(=O)NC2=O)CC1OP(OCC[N+]#[C-])N(C(C)C)C(C)C.[3H]OC. The van der Waals surface area contributed by atoms with Gasteiger partial charge in [-0.25, -0.2) is 11.2 Å². The van der Waals surface area contributed by atoms with Gasteiger partial charge in [0, 0.05) is 81.5 Å². The summed E-state index contributed by atoms with van der Waals surface area (Å²) in [5.41, 5.74) is 2.93. The molecule has 67 heavy (non-hydrogen) atoms. The lowest BCUT2D eigenvalue weighted by molar-refractivity contribution is -0.384. The number of carbonyl (C=O) groups is 3. The van der Waals surface area contributed by atoms with Crippen LogP contribution in [0.2, 0.25) is 0 Å². The third kappa shape index (κ3) is 13.8. The van der Waals surface area contributed by atoms with Gasteiger partial charge in [-0.3, -0.25) is 29.8 Å². The highest BCUT2D eigenvalue weighted by molar-refractivity contribution is 7.44. The van der Waals surface area contributed by atoms with Crippen molar-refractivity contribution in [3.8, 4) is 11.8 Å². The van der Waals surface area contributed by atoms with Crippen LogP contribution in [-0.2, 0) is 28.2 Å². The highest BCUT2D eigenvalue weighted by Gasteiger charge is 2.44. The fourth-order valence-electron chi connectivity index (χ4n) is 8.03. The molecule has 3 unspecified atom stereocenters. The second-order valence-corrected chi connectivity index (χ2v) is 18.2. The lowest BCUT2D eigenvalue weighted by Gasteiger charge is -2.43. The molecule has 1 saturated heterocycles. The lowest BCUT2D eigenvalue weighted by atomic mass is 9.88. The van der Waals surface area contributed by atoms with Crippen molar-refractivity contribution < 1.29 is 44.3 Å². The number of nitro benzene ring substituents is 1. The Bertz CT molecular complexity index is 2380. The maximum atomic E-state index is 13.1. The molecule has 0 aromatic heterocycles. The number of nitrogens with one attached hydrogen (secondary N) is 2. The second kappa shape index (κ2) is 24.7. The van der Waals surface area contributed by atoms with Crippen LogP contribution in [0, 0.1) is 33.9 Å². The van der Waals surface area contributed by atoms with Gasteiger partial charge in [-0.05, 0) is 79.5 Å². The number of ether oxygens (including phenoxy) is 2. The Kier molecular flexibility index (Phi) is 18.6. The molecule has 3 heterocycles. The summed E-state index contributed by atoms with van der Waals surface area (Å²) >= 11 is 0. The normalized spacial score (nSPS) is 20.8. The molecule has 3 N–H and O–H groups in total. The van der Waals surface area contributed by atoms with E-state index in [2.05, 4.69) is 60.3 Å². The largest absolute Gasteiger partial charge is 0.494 e. The van der Waals surface area contributed by atoms with Gasteiger partial charge < -0.3 is 38.7 Å². The number of non-ortho nitro benzene ring substituents is 1. The summed E-state index contributed by atoms with van der Waals surface area (Å²) < 4.78 is 40.5. The zero-order chi connectivity index (χ0) is 51.0. The van der Waals surface area contributed by atoms with Crippen LogP contribution in [0.4, 0.5) is 22.7 Å². The number of amides is 3. The molecule has 1 fully saturated rings. The first kappa shape index (κ1) is 50.5. The van der Waals surface area contributed by atoms with Crippen LogP contribution in [0.3, 0.4) is 0 Å². The minimum Gasteiger partial charge on any atom is -0.494 e. The van der Waals surface area contributed by atoms with Crippen molar-refractivity contribution in [3.05, 3.63) is 92.9 Å². The van der Waals surface area contributed by atoms with E-state index in [1.807, 2.05) is 52.8 Å². The number of anilines is 1. The summed E-state index contributed by atoms with van der Waals surface area (Å²) in [6.07, 6.45) is 6.08. The van der Waals surface area contributed by atoms with Crippen LogP contribution < -0.4 is 20.3 Å². The molecule has 360 valence electrons. The molecular weight excluding hydrogens is 882 g/mol. The van der Waals surface area contributed by atoms with Gasteiger partial charge in [0.05, 0.1) is 47.4 Å². The molecule has 0 spiro atoms. The summed E-state index contributed by atoms with van der Waals surface area (Å²) in [6.45, 7) is 22.4. The summed E-state index contributed by atoms with van der Waals surface area (Å²) in [5, 5.41) is 38.1. The third-order valence-electron chi connectivity index (χ3n) is 11.0. The van der Waals surface area contributed by atoms with Crippen LogP contribution >= 0.6 is 8.53 Å². The van der Waals surface area contributed by atoms with Crippen molar-refractivity contribution in [2.75, 3.05) is 45.4 Å². The quantitative estimate of drug-likeness (QED) is 0.0217. The topological polar surface area (TPSA) is 235 Å². The smallest absolute Gasteiger partial charge is 0.270 e. The highest BCUT2D eigenvalue weighted by Crippen LogP contribution is 2.50. The maximum Gasteiger partial charge on any atom is 0.270 e. The average molecular weight is 947 g/mol. The first-order chi connectivity index (χ1) is 32.8. The second-order valence-electron chi connectivity index (χ2n) is 16.8. The van der Waals surface area contributed by atoms with Gasteiger partial charge in [0.15, 0.2) is 0 Å².